The fourth-order valence-electron chi connectivity index (χ4n) is 12.6. The lowest BCUT2D eigenvalue weighted by Crippen LogP contribution is -2.66. The number of rotatable bonds is 33. The van der Waals surface area contributed by atoms with Crippen molar-refractivity contribution in [1.82, 2.24) is 15.3 Å². The van der Waals surface area contributed by atoms with Crippen LogP contribution in [0.15, 0.2) is 127 Å². The topological polar surface area (TPSA) is 312 Å². The lowest BCUT2D eigenvalue weighted by molar-refractivity contribution is -0.353. The molecule has 1 aromatic heterocycles. The van der Waals surface area contributed by atoms with E-state index in [0.29, 0.717) is 31.6 Å². The summed E-state index contributed by atoms with van der Waals surface area (Å²) in [5, 5.41) is 34.9. The van der Waals surface area contributed by atoms with Crippen molar-refractivity contribution < 1.29 is 101 Å². The molecular formula is C73H91N3O21. The normalized spacial score (nSPS) is 26.2. The number of aliphatic carboxylic acids is 1. The number of nitrogens with one attached hydrogen (secondary N) is 1. The maximum Gasteiger partial charge on any atom is 0.338 e. The van der Waals surface area contributed by atoms with Gasteiger partial charge in [0.05, 0.1) is 40.9 Å². The number of ether oxygens (including phenoxy) is 12. The number of carbonyl (C=O) groups is 6. The molecule has 4 aromatic carbocycles. The highest BCUT2D eigenvalue weighted by molar-refractivity contribution is 5.93. The van der Waals surface area contributed by atoms with Crippen molar-refractivity contribution in [3.05, 3.63) is 155 Å². The van der Waals surface area contributed by atoms with Gasteiger partial charge in [0.1, 0.15) is 55.5 Å². The molecule has 9 rings (SSSR count). The highest BCUT2D eigenvalue weighted by atomic mass is 16.8. The maximum absolute atomic E-state index is 15.1. The molecule has 524 valence electrons. The van der Waals surface area contributed by atoms with E-state index in [0.717, 1.165) is 63.9 Å². The molecule has 0 spiro atoms. The van der Waals surface area contributed by atoms with E-state index in [4.69, 9.17) is 56.8 Å². The Balaban J connectivity index is 1.21. The molecule has 97 heavy (non-hydrogen) atoms. The molecule has 0 bridgehead atoms. The zero-order chi connectivity index (χ0) is 68.6. The van der Waals surface area contributed by atoms with Gasteiger partial charge in [-0.15, -0.1) is 0 Å². The number of amides is 1. The average Bonchev–Trinajstić information content (AvgIpc) is 0.806. The van der Waals surface area contributed by atoms with Gasteiger partial charge in [-0.2, -0.15) is 9.97 Å². The predicted molar refractivity (Wildman–Crippen MR) is 348 cm³/mol. The Kier molecular flexibility index (Phi) is 28.1. The van der Waals surface area contributed by atoms with Crippen LogP contribution in [0.25, 0.3) is 0 Å². The SMILES string of the molecule is CCCCOC1C(C)OC(OC2C(NC(=O)c3cc(O)nc(O)n3)CC(C(=O)O)CC2OC2OC(COC(=O)c3ccccc3)C(OC(=O)c3ccccc3)C(O[C@@H](CC3CCCCC3)C(=O)OCc3ccccc3)C2OC(=O)c2ccccc2)C(OCCCC)C1OCCCC. The van der Waals surface area contributed by atoms with Crippen LogP contribution in [0.1, 0.15) is 165 Å². The second-order valence-corrected chi connectivity index (χ2v) is 25.0. The Bertz CT molecular complexity index is 3250. The molecule has 2 saturated carbocycles. The molecule has 4 fully saturated rings. The Morgan fingerprint density at radius 1 is 0.588 bits per heavy atom. The second-order valence-electron chi connectivity index (χ2n) is 25.0. The summed E-state index contributed by atoms with van der Waals surface area (Å²) in [6.45, 7) is 7.95. The molecule has 2 saturated heterocycles. The average molecular weight is 1350 g/mol. The van der Waals surface area contributed by atoms with E-state index in [2.05, 4.69) is 15.3 Å². The van der Waals surface area contributed by atoms with E-state index in [1.54, 1.807) is 85.8 Å². The predicted octanol–water partition coefficient (Wildman–Crippen LogP) is 10.1. The number of carboxylic acid groups (broad SMARTS) is 1. The monoisotopic (exact) mass is 1350 g/mol. The minimum atomic E-state index is -1.96. The summed E-state index contributed by atoms with van der Waals surface area (Å²) >= 11 is 0. The van der Waals surface area contributed by atoms with E-state index >= 15 is 9.59 Å². The van der Waals surface area contributed by atoms with Crippen molar-refractivity contribution in [2.75, 3.05) is 26.4 Å². The van der Waals surface area contributed by atoms with Gasteiger partial charge in [0.15, 0.2) is 30.9 Å². The van der Waals surface area contributed by atoms with Gasteiger partial charge in [0.25, 0.3) is 5.91 Å². The van der Waals surface area contributed by atoms with Crippen LogP contribution >= 0.6 is 0 Å². The van der Waals surface area contributed by atoms with Crippen LogP contribution < -0.4 is 5.32 Å². The largest absolute Gasteiger partial charge is 0.493 e. The summed E-state index contributed by atoms with van der Waals surface area (Å²) in [5.74, 6) is -7.97. The van der Waals surface area contributed by atoms with Crippen molar-refractivity contribution >= 4 is 35.8 Å². The van der Waals surface area contributed by atoms with Gasteiger partial charge >= 0.3 is 35.9 Å². The number of unbranched alkanes of at least 4 members (excludes halogenated alkanes) is 3. The summed E-state index contributed by atoms with van der Waals surface area (Å²) in [7, 11) is 0. The van der Waals surface area contributed by atoms with Gasteiger partial charge < -0.3 is 77.5 Å². The molecule has 24 nitrogen and oxygen atoms in total. The smallest absolute Gasteiger partial charge is 0.338 e. The third kappa shape index (κ3) is 20.8. The summed E-state index contributed by atoms with van der Waals surface area (Å²) in [5.41, 5.74) is 0.438. The molecular weight excluding hydrogens is 1250 g/mol. The first kappa shape index (κ1) is 73.3. The molecule has 5 aromatic rings. The lowest BCUT2D eigenvalue weighted by Gasteiger charge is -2.50. The molecule has 4 N–H and O–H groups in total. The summed E-state index contributed by atoms with van der Waals surface area (Å²) in [6.07, 6.45) is -10.1. The third-order valence-electron chi connectivity index (χ3n) is 17.7. The van der Waals surface area contributed by atoms with Crippen LogP contribution in [0.4, 0.5) is 0 Å². The van der Waals surface area contributed by atoms with Crippen LogP contribution in [-0.2, 0) is 73.0 Å². The molecule has 2 aliphatic carbocycles. The zero-order valence-electron chi connectivity index (χ0n) is 55.4. The van der Waals surface area contributed by atoms with Crippen molar-refractivity contribution in [2.45, 2.75) is 210 Å². The fourth-order valence-corrected chi connectivity index (χ4v) is 12.6. The van der Waals surface area contributed by atoms with E-state index in [9.17, 15) is 34.5 Å². The Labute approximate surface area is 565 Å². The first-order chi connectivity index (χ1) is 47.1. The number of nitrogens with zero attached hydrogens (tertiary/aromatic N) is 2. The van der Waals surface area contributed by atoms with Crippen molar-refractivity contribution in [2.24, 2.45) is 11.8 Å². The quantitative estimate of drug-likeness (QED) is 0.0172. The Morgan fingerprint density at radius 3 is 1.71 bits per heavy atom. The molecule has 3 heterocycles. The van der Waals surface area contributed by atoms with Crippen molar-refractivity contribution in [3.8, 4) is 11.9 Å². The number of carboxylic acids is 1. The molecule has 24 heteroatoms. The van der Waals surface area contributed by atoms with Crippen LogP contribution in [0.3, 0.4) is 0 Å². The lowest BCUT2D eigenvalue weighted by atomic mass is 9.81. The Morgan fingerprint density at radius 2 is 1.13 bits per heavy atom. The minimum Gasteiger partial charge on any atom is -0.493 e. The van der Waals surface area contributed by atoms with Gasteiger partial charge in [-0.1, -0.05) is 157 Å². The molecule has 15 atom stereocenters. The zero-order valence-corrected chi connectivity index (χ0v) is 55.4. The van der Waals surface area contributed by atoms with Gasteiger partial charge in [0.2, 0.25) is 5.88 Å². The van der Waals surface area contributed by atoms with Crippen LogP contribution in [-0.4, -0.2) is 173 Å². The van der Waals surface area contributed by atoms with E-state index in [1.807, 2.05) is 26.8 Å². The van der Waals surface area contributed by atoms with Gasteiger partial charge in [-0.05, 0) is 93.3 Å². The number of esters is 4. The Hall–Kier alpha value is -7.94. The van der Waals surface area contributed by atoms with Crippen LogP contribution in [0.5, 0.6) is 11.9 Å². The molecule has 1 amide bonds. The van der Waals surface area contributed by atoms with E-state index < -0.39 is 158 Å². The summed E-state index contributed by atoms with van der Waals surface area (Å²) < 4.78 is 80.7. The first-order valence-corrected chi connectivity index (χ1v) is 34.0. The van der Waals surface area contributed by atoms with Gasteiger partial charge in [-0.25, -0.2) is 19.2 Å². The van der Waals surface area contributed by atoms with E-state index in [-0.39, 0.29) is 48.7 Å². The number of hydrogen-bond donors (Lipinski definition) is 4. The van der Waals surface area contributed by atoms with Crippen molar-refractivity contribution in [1.29, 1.82) is 0 Å². The number of carbonyl (C=O) groups excluding carboxylic acids is 5. The summed E-state index contributed by atoms with van der Waals surface area (Å²) in [4.78, 5) is 94.6. The van der Waals surface area contributed by atoms with Crippen molar-refractivity contribution in [3.63, 3.8) is 0 Å². The number of benzene rings is 4. The molecule has 0 radical (unpaired) electrons. The maximum atomic E-state index is 15.1. The number of aromatic hydroxyl groups is 2. The highest BCUT2D eigenvalue weighted by Crippen LogP contribution is 2.40. The van der Waals surface area contributed by atoms with Gasteiger partial charge in [0, 0.05) is 25.9 Å². The summed E-state index contributed by atoms with van der Waals surface area (Å²) in [6, 6.07) is 31.6. The highest BCUT2D eigenvalue weighted by Gasteiger charge is 2.57. The number of hydrogen-bond acceptors (Lipinski definition) is 22. The third-order valence-corrected chi connectivity index (χ3v) is 17.7. The minimum absolute atomic E-state index is 0.0394. The second kappa shape index (κ2) is 37.1. The number of aromatic nitrogens is 2. The fraction of sp³-hybridized carbons (Fsp3) is 0.534. The standard InChI is InChI=1S/C73H91N3O21/c1-5-8-36-86-58-45(4)91-71(63(88-38-10-7-3)61(58)87-37-9-6-2)97-59-52(74-65(78)53-42-57(77)76-73(85)75-53)40-51(66(79)80)41-54(59)93-72-64(96-69(83)50-34-24-15-25-35-50)62(92-55(39-46-26-16-11-17-27-46)70(84)89-43-47-28-18-12-19-29-47)60(95-68(82)49-32-22-14-23-33-49)56(94-72)44-90-67(81)48-30-20-13-21-31-48/h12-15,18-25,28-35,42,45-46,51-52,54-56,58-64,71-72H,5-11,16-17,26-27,36-41,43-44H2,1-4H3,(H,74,78)(H,79,80)(H2,75,76,77,85)/t45?,51?,52?,54?,55-,56?,58?,59?,60?,61?,62?,63?,64?,71?,72?/m0/s1. The van der Waals surface area contributed by atoms with Gasteiger partial charge in [-0.3, -0.25) is 9.59 Å². The van der Waals surface area contributed by atoms with Crippen LogP contribution in [0.2, 0.25) is 0 Å². The molecule has 2 aliphatic heterocycles. The first-order valence-electron chi connectivity index (χ1n) is 34.0. The van der Waals surface area contributed by atoms with Crippen LogP contribution in [0, 0.1) is 11.8 Å². The molecule has 4 aliphatic rings. The van der Waals surface area contributed by atoms with E-state index in [1.165, 1.54) is 36.4 Å². The molecule has 14 unspecified atom stereocenters.